The largest absolute Gasteiger partial charge is 0.394 e. The van der Waals surface area contributed by atoms with Crippen molar-refractivity contribution in [2.75, 3.05) is 33.0 Å². The Balaban J connectivity index is 1.83. The normalized spacial score (nSPS) is 36.7. The Morgan fingerprint density at radius 1 is 1.09 bits per heavy atom. The molecule has 0 amide bonds. The fourth-order valence-corrected chi connectivity index (χ4v) is 2.81. The number of aliphatic hydroxyl groups is 2. The molecule has 2 heterocycles. The molecule has 2 aliphatic heterocycles. The van der Waals surface area contributed by atoms with Crippen LogP contribution in [0.2, 0.25) is 0 Å². The molecule has 2 rings (SSSR count). The minimum absolute atomic E-state index is 0.117. The van der Waals surface area contributed by atoms with Gasteiger partial charge in [0.2, 0.25) is 5.79 Å². The number of hydrogen-bond acceptors (Lipinski definition) is 7. The summed E-state index contributed by atoms with van der Waals surface area (Å²) in [6.07, 6.45) is -0.229. The summed E-state index contributed by atoms with van der Waals surface area (Å²) in [6, 6.07) is 0. The summed E-state index contributed by atoms with van der Waals surface area (Å²) >= 11 is 0. The zero-order valence-corrected chi connectivity index (χ0v) is 13.6. The standard InChI is InChI=1S/C15H28O7/c1-4-5-6-18-7-8-19-10-15-13(21-14(2,3)22-15)12(17)11(9-16)20-15/h11-13,16-17H,4-10H2,1-3H3/t11-,12+,13-,15-/m0/s1. The summed E-state index contributed by atoms with van der Waals surface area (Å²) < 4.78 is 28.3. The van der Waals surface area contributed by atoms with Crippen LogP contribution >= 0.6 is 0 Å². The number of ether oxygens (including phenoxy) is 5. The molecule has 4 atom stereocenters. The van der Waals surface area contributed by atoms with Gasteiger partial charge in [-0.25, -0.2) is 0 Å². The monoisotopic (exact) mass is 320 g/mol. The van der Waals surface area contributed by atoms with E-state index in [1.54, 1.807) is 13.8 Å². The van der Waals surface area contributed by atoms with Crippen LogP contribution in [0.1, 0.15) is 33.6 Å². The molecule has 130 valence electrons. The quantitative estimate of drug-likeness (QED) is 0.595. The second-order valence-electron chi connectivity index (χ2n) is 6.20. The predicted molar refractivity (Wildman–Crippen MR) is 77.3 cm³/mol. The van der Waals surface area contributed by atoms with Gasteiger partial charge in [0, 0.05) is 6.61 Å². The van der Waals surface area contributed by atoms with E-state index in [1.807, 2.05) is 0 Å². The van der Waals surface area contributed by atoms with Crippen LogP contribution in [0.25, 0.3) is 0 Å². The molecule has 2 aliphatic rings. The zero-order valence-electron chi connectivity index (χ0n) is 13.6. The van der Waals surface area contributed by atoms with E-state index in [0.29, 0.717) is 13.2 Å². The van der Waals surface area contributed by atoms with E-state index in [2.05, 4.69) is 6.92 Å². The SMILES string of the molecule is CCCCOCCOC[C@@]12O[C@@H](CO)[C@@H](O)[C@@H]1OC(C)(C)O2. The molecule has 0 aromatic rings. The third kappa shape index (κ3) is 3.97. The highest BCUT2D eigenvalue weighted by molar-refractivity contribution is 5.02. The van der Waals surface area contributed by atoms with Crippen molar-refractivity contribution in [3.05, 3.63) is 0 Å². The Morgan fingerprint density at radius 2 is 1.82 bits per heavy atom. The van der Waals surface area contributed by atoms with E-state index in [-0.39, 0.29) is 13.2 Å². The smallest absolute Gasteiger partial charge is 0.224 e. The highest BCUT2D eigenvalue weighted by Gasteiger charge is 2.64. The predicted octanol–water partition coefficient (Wildman–Crippen LogP) is 0.420. The molecule has 2 N–H and O–H groups in total. The maximum absolute atomic E-state index is 10.2. The van der Waals surface area contributed by atoms with Crippen LogP contribution < -0.4 is 0 Å². The first-order valence-corrected chi connectivity index (χ1v) is 7.94. The van der Waals surface area contributed by atoms with Crippen LogP contribution in [0.5, 0.6) is 0 Å². The average Bonchev–Trinajstić information content (AvgIpc) is 2.87. The van der Waals surface area contributed by atoms with Crippen molar-refractivity contribution >= 4 is 0 Å². The Morgan fingerprint density at radius 3 is 2.50 bits per heavy atom. The highest BCUT2D eigenvalue weighted by Crippen LogP contribution is 2.45. The van der Waals surface area contributed by atoms with Crippen LogP contribution in [0.4, 0.5) is 0 Å². The number of fused-ring (bicyclic) bond motifs is 1. The molecule has 2 fully saturated rings. The molecule has 0 aromatic heterocycles. The van der Waals surface area contributed by atoms with Crippen LogP contribution in [-0.4, -0.2) is 73.1 Å². The maximum Gasteiger partial charge on any atom is 0.224 e. The number of unbranched alkanes of at least 4 members (excludes halogenated alkanes) is 1. The molecule has 0 spiro atoms. The summed E-state index contributed by atoms with van der Waals surface area (Å²) in [5.41, 5.74) is 0. The summed E-state index contributed by atoms with van der Waals surface area (Å²) in [5.74, 6) is -2.05. The van der Waals surface area contributed by atoms with Gasteiger partial charge >= 0.3 is 0 Å². The third-order valence-electron chi connectivity index (χ3n) is 3.80. The molecule has 7 nitrogen and oxygen atoms in total. The Kier molecular flexibility index (Phi) is 6.18. The van der Waals surface area contributed by atoms with E-state index in [1.165, 1.54) is 0 Å². The Hall–Kier alpha value is -0.280. The summed E-state index contributed by atoms with van der Waals surface area (Å²) in [6.45, 7) is 7.07. The van der Waals surface area contributed by atoms with Crippen molar-refractivity contribution in [1.82, 2.24) is 0 Å². The van der Waals surface area contributed by atoms with E-state index in [4.69, 9.17) is 23.7 Å². The van der Waals surface area contributed by atoms with Crippen molar-refractivity contribution in [2.45, 2.75) is 63.5 Å². The number of hydrogen-bond donors (Lipinski definition) is 2. The van der Waals surface area contributed by atoms with Gasteiger partial charge in [0.15, 0.2) is 5.79 Å². The third-order valence-corrected chi connectivity index (χ3v) is 3.80. The Bertz CT molecular complexity index is 349. The topological polar surface area (TPSA) is 86.6 Å². The molecule has 2 saturated heterocycles. The van der Waals surface area contributed by atoms with Crippen molar-refractivity contribution in [3.63, 3.8) is 0 Å². The molecule has 0 saturated carbocycles. The average molecular weight is 320 g/mol. The van der Waals surface area contributed by atoms with Crippen LogP contribution in [0, 0.1) is 0 Å². The highest BCUT2D eigenvalue weighted by atomic mass is 16.9. The molecule has 7 heteroatoms. The van der Waals surface area contributed by atoms with Gasteiger partial charge in [-0.1, -0.05) is 13.3 Å². The van der Waals surface area contributed by atoms with Gasteiger partial charge in [0.05, 0.1) is 19.8 Å². The van der Waals surface area contributed by atoms with Crippen molar-refractivity contribution in [2.24, 2.45) is 0 Å². The second kappa shape index (κ2) is 7.53. The summed E-state index contributed by atoms with van der Waals surface area (Å²) in [4.78, 5) is 0. The van der Waals surface area contributed by atoms with Gasteiger partial charge < -0.3 is 33.9 Å². The lowest BCUT2D eigenvalue weighted by molar-refractivity contribution is -0.281. The summed E-state index contributed by atoms with van der Waals surface area (Å²) in [5, 5.41) is 19.5. The van der Waals surface area contributed by atoms with E-state index >= 15 is 0 Å². The van der Waals surface area contributed by atoms with Gasteiger partial charge in [-0.15, -0.1) is 0 Å². The van der Waals surface area contributed by atoms with Crippen molar-refractivity contribution in [1.29, 1.82) is 0 Å². The lowest BCUT2D eigenvalue weighted by Crippen LogP contribution is -2.45. The molecular formula is C15H28O7. The summed E-state index contributed by atoms with van der Waals surface area (Å²) in [7, 11) is 0. The zero-order chi connectivity index (χ0) is 16.2. The van der Waals surface area contributed by atoms with Crippen LogP contribution in [0.3, 0.4) is 0 Å². The Labute approximate surface area is 131 Å². The van der Waals surface area contributed by atoms with Crippen molar-refractivity contribution < 1.29 is 33.9 Å². The van der Waals surface area contributed by atoms with Gasteiger partial charge in [0.1, 0.15) is 24.9 Å². The van der Waals surface area contributed by atoms with Gasteiger partial charge in [-0.3, -0.25) is 0 Å². The number of aliphatic hydroxyl groups excluding tert-OH is 2. The second-order valence-corrected chi connectivity index (χ2v) is 6.20. The molecule has 22 heavy (non-hydrogen) atoms. The maximum atomic E-state index is 10.2. The molecular weight excluding hydrogens is 292 g/mol. The first-order chi connectivity index (χ1) is 10.4. The minimum atomic E-state index is -1.18. The first-order valence-electron chi connectivity index (χ1n) is 7.94. The van der Waals surface area contributed by atoms with E-state index in [0.717, 1.165) is 19.4 Å². The fourth-order valence-electron chi connectivity index (χ4n) is 2.81. The van der Waals surface area contributed by atoms with E-state index in [9.17, 15) is 10.2 Å². The van der Waals surface area contributed by atoms with E-state index < -0.39 is 29.9 Å². The molecule has 0 aromatic carbocycles. The van der Waals surface area contributed by atoms with Gasteiger partial charge in [-0.2, -0.15) is 0 Å². The van der Waals surface area contributed by atoms with Crippen LogP contribution in [0.15, 0.2) is 0 Å². The van der Waals surface area contributed by atoms with Gasteiger partial charge in [-0.05, 0) is 20.3 Å². The number of rotatable bonds is 9. The molecule has 0 bridgehead atoms. The fraction of sp³-hybridized carbons (Fsp3) is 1.00. The minimum Gasteiger partial charge on any atom is -0.394 e. The van der Waals surface area contributed by atoms with Crippen LogP contribution in [-0.2, 0) is 23.7 Å². The van der Waals surface area contributed by atoms with Crippen molar-refractivity contribution in [3.8, 4) is 0 Å². The molecule has 0 radical (unpaired) electrons. The first kappa shape index (κ1) is 18.1. The lowest BCUT2D eigenvalue weighted by atomic mass is 10.1. The lowest BCUT2D eigenvalue weighted by Gasteiger charge is -2.28. The molecule has 0 unspecified atom stereocenters. The van der Waals surface area contributed by atoms with Gasteiger partial charge in [0.25, 0.3) is 0 Å². The molecule has 0 aliphatic carbocycles.